The Bertz CT molecular complexity index is 1310. The van der Waals surface area contributed by atoms with Crippen LogP contribution in [0.4, 0.5) is 0 Å². The van der Waals surface area contributed by atoms with Crippen molar-refractivity contribution in [2.45, 2.75) is 19.4 Å². The predicted octanol–water partition coefficient (Wildman–Crippen LogP) is 3.86. The molecule has 3 heterocycles. The molecule has 3 aromatic heterocycles. The summed E-state index contributed by atoms with van der Waals surface area (Å²) in [6.07, 6.45) is 5.98. The van der Waals surface area contributed by atoms with Gasteiger partial charge >= 0.3 is 0 Å². The van der Waals surface area contributed by atoms with Crippen LogP contribution in [0.1, 0.15) is 34.2 Å². The predicted molar refractivity (Wildman–Crippen MR) is 129 cm³/mol. The lowest BCUT2D eigenvalue weighted by atomic mass is 10.1. The van der Waals surface area contributed by atoms with Gasteiger partial charge in [0, 0.05) is 42.0 Å². The Morgan fingerprint density at radius 2 is 2.09 bits per heavy atom. The summed E-state index contributed by atoms with van der Waals surface area (Å²) in [6, 6.07) is 12.7. The molecule has 2 N–H and O–H groups in total. The molecule has 32 heavy (non-hydrogen) atoms. The van der Waals surface area contributed by atoms with Crippen molar-refractivity contribution in [3.05, 3.63) is 82.2 Å². The maximum atomic E-state index is 13.2. The normalized spacial score (nSPS) is 12.1. The second-order valence-electron chi connectivity index (χ2n) is 7.72. The number of nitrogens with one attached hydrogen (secondary N) is 2. The summed E-state index contributed by atoms with van der Waals surface area (Å²) in [5.41, 5.74) is 3.68. The number of fused-ring (bicyclic) bond motifs is 1. The van der Waals surface area contributed by atoms with Crippen molar-refractivity contribution in [3.63, 3.8) is 0 Å². The van der Waals surface area contributed by atoms with Crippen LogP contribution in [0.3, 0.4) is 0 Å². The van der Waals surface area contributed by atoms with Crippen molar-refractivity contribution < 1.29 is 4.79 Å². The third-order valence-electron chi connectivity index (χ3n) is 5.40. The van der Waals surface area contributed by atoms with E-state index in [0.29, 0.717) is 29.2 Å². The molecule has 0 radical (unpaired) electrons. The number of nitrogens with zero attached hydrogens (tertiary/aromatic N) is 3. The molecule has 0 aliphatic heterocycles. The molecule has 0 unspecified atom stereocenters. The highest BCUT2D eigenvalue weighted by atomic mass is 32.2. The van der Waals surface area contributed by atoms with E-state index >= 15 is 0 Å². The van der Waals surface area contributed by atoms with Gasteiger partial charge in [0.25, 0.3) is 11.5 Å². The molecule has 0 spiro atoms. The lowest BCUT2D eigenvalue weighted by molar-refractivity contribution is 0.0927. The number of aromatic nitrogens is 4. The highest BCUT2D eigenvalue weighted by Crippen LogP contribution is 2.23. The van der Waals surface area contributed by atoms with Crippen LogP contribution in [0, 0.1) is 6.92 Å². The van der Waals surface area contributed by atoms with Gasteiger partial charge in [-0.05, 0) is 55.7 Å². The van der Waals surface area contributed by atoms with E-state index in [4.69, 9.17) is 0 Å². The van der Waals surface area contributed by atoms with Crippen LogP contribution in [0.5, 0.6) is 0 Å². The minimum Gasteiger partial charge on any atom is -0.342 e. The van der Waals surface area contributed by atoms with E-state index in [1.54, 1.807) is 30.2 Å². The minimum absolute atomic E-state index is 0.197. The second kappa shape index (κ2) is 9.40. The number of benzene rings is 1. The number of amides is 1. The molecule has 1 aromatic carbocycles. The molecular formula is C24H25N5O2S. The molecule has 7 nitrogen and oxygen atoms in total. The van der Waals surface area contributed by atoms with E-state index in [-0.39, 0.29) is 11.5 Å². The fraction of sp³-hybridized carbons (Fsp3) is 0.250. The Morgan fingerprint density at radius 3 is 2.84 bits per heavy atom. The average Bonchev–Trinajstić information content (AvgIpc) is 3.12. The quantitative estimate of drug-likeness (QED) is 0.449. The first kappa shape index (κ1) is 21.8. The van der Waals surface area contributed by atoms with Crippen LogP contribution in [0.15, 0.2) is 59.7 Å². The number of carbonyl (C=O) groups excluding carboxylic acids is 1. The summed E-state index contributed by atoms with van der Waals surface area (Å²) in [4.78, 5) is 37.1. The Morgan fingerprint density at radius 1 is 1.25 bits per heavy atom. The van der Waals surface area contributed by atoms with E-state index in [1.807, 2.05) is 49.1 Å². The number of hydrogen-bond acceptors (Lipinski definition) is 5. The lowest BCUT2D eigenvalue weighted by Crippen LogP contribution is -2.32. The third-order valence-corrected chi connectivity index (χ3v) is 6.04. The molecule has 8 heteroatoms. The number of H-pyrrole nitrogens is 1. The van der Waals surface area contributed by atoms with Gasteiger partial charge in [0.05, 0.1) is 11.7 Å². The SMILES string of the molecule is CSCC[C@@H](NC(=O)c1cc2cc(C)ccc2n1C)c1cc(=O)[nH]c(-c2cccnc2)n1. The number of carbonyl (C=O) groups is 1. The first-order valence-corrected chi connectivity index (χ1v) is 11.7. The zero-order valence-corrected chi connectivity index (χ0v) is 19.1. The van der Waals surface area contributed by atoms with E-state index in [9.17, 15) is 9.59 Å². The molecule has 4 rings (SSSR count). The van der Waals surface area contributed by atoms with Crippen LogP contribution in [-0.2, 0) is 7.05 Å². The summed E-state index contributed by atoms with van der Waals surface area (Å²) < 4.78 is 1.89. The van der Waals surface area contributed by atoms with Gasteiger partial charge in [0.2, 0.25) is 0 Å². The second-order valence-corrected chi connectivity index (χ2v) is 8.70. The zero-order chi connectivity index (χ0) is 22.7. The molecule has 0 aliphatic carbocycles. The van der Waals surface area contributed by atoms with E-state index in [0.717, 1.165) is 22.2 Å². The fourth-order valence-corrected chi connectivity index (χ4v) is 4.21. The Kier molecular flexibility index (Phi) is 6.41. The Labute approximate surface area is 190 Å². The van der Waals surface area contributed by atoms with Gasteiger partial charge in [-0.15, -0.1) is 0 Å². The summed E-state index contributed by atoms with van der Waals surface area (Å²) >= 11 is 1.68. The van der Waals surface area contributed by atoms with E-state index < -0.39 is 6.04 Å². The van der Waals surface area contributed by atoms with Crippen molar-refractivity contribution in [3.8, 4) is 11.4 Å². The van der Waals surface area contributed by atoms with Crippen LogP contribution in [0.2, 0.25) is 0 Å². The molecule has 1 amide bonds. The molecule has 1 atom stereocenters. The number of thioether (sulfide) groups is 1. The maximum absolute atomic E-state index is 13.2. The maximum Gasteiger partial charge on any atom is 0.268 e. The average molecular weight is 448 g/mol. The number of rotatable bonds is 7. The van der Waals surface area contributed by atoms with Crippen LogP contribution in [-0.4, -0.2) is 37.4 Å². The number of aromatic amines is 1. The van der Waals surface area contributed by atoms with Gasteiger partial charge in [-0.2, -0.15) is 11.8 Å². The first-order valence-electron chi connectivity index (χ1n) is 10.3. The summed E-state index contributed by atoms with van der Waals surface area (Å²) in [5, 5.41) is 4.12. The van der Waals surface area contributed by atoms with Crippen molar-refractivity contribution in [2.24, 2.45) is 7.05 Å². The molecular weight excluding hydrogens is 422 g/mol. The zero-order valence-electron chi connectivity index (χ0n) is 18.3. The molecule has 0 saturated heterocycles. The van der Waals surface area contributed by atoms with Crippen molar-refractivity contribution in [1.82, 2.24) is 24.8 Å². The summed E-state index contributed by atoms with van der Waals surface area (Å²) in [6.45, 7) is 2.03. The summed E-state index contributed by atoms with van der Waals surface area (Å²) in [7, 11) is 1.88. The number of hydrogen-bond donors (Lipinski definition) is 2. The monoisotopic (exact) mass is 447 g/mol. The smallest absolute Gasteiger partial charge is 0.268 e. The summed E-state index contributed by atoms with van der Waals surface area (Å²) in [5.74, 6) is 1.05. The lowest BCUT2D eigenvalue weighted by Gasteiger charge is -2.19. The molecule has 0 aliphatic rings. The Hall–Kier alpha value is -3.39. The minimum atomic E-state index is -0.396. The fourth-order valence-electron chi connectivity index (χ4n) is 3.74. The molecule has 4 aromatic rings. The molecule has 164 valence electrons. The van der Waals surface area contributed by atoms with Crippen molar-refractivity contribution in [2.75, 3.05) is 12.0 Å². The largest absolute Gasteiger partial charge is 0.342 e. The third kappa shape index (κ3) is 4.60. The van der Waals surface area contributed by atoms with Crippen molar-refractivity contribution in [1.29, 1.82) is 0 Å². The van der Waals surface area contributed by atoms with Gasteiger partial charge < -0.3 is 14.9 Å². The van der Waals surface area contributed by atoms with E-state index in [2.05, 4.69) is 26.3 Å². The Balaban J connectivity index is 1.68. The molecule has 0 bridgehead atoms. The standard InChI is InChI=1S/C24H25N5O2S/c1-15-6-7-20-17(11-15)12-21(29(20)2)24(31)27-18(8-10-32-3)19-13-22(30)28-23(26-19)16-5-4-9-25-14-16/h4-7,9,11-14,18H,8,10H2,1-3H3,(H,27,31)(H,26,28,30)/t18-/m1/s1. The van der Waals surface area contributed by atoms with Crippen LogP contribution < -0.4 is 10.9 Å². The van der Waals surface area contributed by atoms with Gasteiger partial charge in [0.15, 0.2) is 0 Å². The molecule has 0 saturated carbocycles. The van der Waals surface area contributed by atoms with Crippen molar-refractivity contribution >= 4 is 28.6 Å². The number of aryl methyl sites for hydroxylation is 2. The van der Waals surface area contributed by atoms with E-state index in [1.165, 1.54) is 6.07 Å². The van der Waals surface area contributed by atoms with Gasteiger partial charge in [-0.1, -0.05) is 11.6 Å². The van der Waals surface area contributed by atoms with Crippen LogP contribution >= 0.6 is 11.8 Å². The van der Waals surface area contributed by atoms with Gasteiger partial charge in [0.1, 0.15) is 11.5 Å². The topological polar surface area (TPSA) is 92.7 Å². The first-order chi connectivity index (χ1) is 15.5. The molecule has 0 fully saturated rings. The van der Waals surface area contributed by atoms with Gasteiger partial charge in [-0.3, -0.25) is 14.6 Å². The highest BCUT2D eigenvalue weighted by molar-refractivity contribution is 7.98. The van der Waals surface area contributed by atoms with Gasteiger partial charge in [-0.25, -0.2) is 4.98 Å². The van der Waals surface area contributed by atoms with Crippen LogP contribution in [0.25, 0.3) is 22.3 Å². The number of pyridine rings is 1. The highest BCUT2D eigenvalue weighted by Gasteiger charge is 2.21.